The third kappa shape index (κ3) is 7.82. The van der Waals surface area contributed by atoms with Crippen molar-refractivity contribution < 1.29 is 0 Å². The van der Waals surface area contributed by atoms with Gasteiger partial charge in [0.15, 0.2) is 0 Å². The van der Waals surface area contributed by atoms with E-state index in [4.69, 9.17) is 0 Å². The largest absolute Gasteiger partial charge is 0.140 e. The summed E-state index contributed by atoms with van der Waals surface area (Å²) >= 11 is 8.52. The molecule has 256 valence electrons. The van der Waals surface area contributed by atoms with Crippen LogP contribution in [0.15, 0.2) is 23.1 Å². The van der Waals surface area contributed by atoms with Crippen LogP contribution in [-0.2, 0) is 19.3 Å². The SMILES string of the molecule is CCCCCCCCC(C)Cc1cc2c3cc(CC(C)CCCCCC)sc3c3c4cc(C)sc4c4c(c3c2s1)CC(C(C)(C)C)S4. The van der Waals surface area contributed by atoms with Crippen molar-refractivity contribution in [3.63, 3.8) is 0 Å². The molecule has 0 radical (unpaired) electrons. The van der Waals surface area contributed by atoms with Crippen molar-refractivity contribution in [1.82, 2.24) is 0 Å². The minimum atomic E-state index is 0.286. The Bertz CT molecular complexity index is 1800. The van der Waals surface area contributed by atoms with Gasteiger partial charge in [-0.3, -0.25) is 0 Å². The third-order valence-corrected chi connectivity index (χ3v) is 16.2. The second-order valence-corrected chi connectivity index (χ2v) is 21.0. The Kier molecular flexibility index (Phi) is 11.7. The standard InChI is InChI=1S/C43H60S4/c1-9-11-13-15-16-18-20-28(4)22-31-25-33-32-24-30(21-27(3)19-17-14-12-10-2)45-39(32)37-34-23-29(5)44-41(34)42-35(38(37)40(33)46-31)26-36(47-42)43(6,7)8/h23-25,27-28,36H,9-22,26H2,1-8H3. The molecule has 0 fully saturated rings. The first-order valence-electron chi connectivity index (χ1n) is 19.1. The number of fused-ring (bicyclic) bond motifs is 11. The number of rotatable bonds is 16. The molecule has 0 bridgehead atoms. The third-order valence-electron chi connectivity index (χ3n) is 10.8. The van der Waals surface area contributed by atoms with Gasteiger partial charge in [-0.15, -0.1) is 45.8 Å². The van der Waals surface area contributed by atoms with E-state index in [9.17, 15) is 0 Å². The predicted octanol–water partition coefficient (Wildman–Crippen LogP) is 15.9. The van der Waals surface area contributed by atoms with E-state index in [0.29, 0.717) is 5.25 Å². The molecule has 0 aliphatic carbocycles. The van der Waals surface area contributed by atoms with Crippen LogP contribution in [0.3, 0.4) is 0 Å². The molecule has 0 nitrogen and oxygen atoms in total. The lowest BCUT2D eigenvalue weighted by Crippen LogP contribution is -2.22. The van der Waals surface area contributed by atoms with E-state index in [0.717, 1.165) is 11.8 Å². The van der Waals surface area contributed by atoms with Gasteiger partial charge in [-0.05, 0) is 67.2 Å². The fourth-order valence-corrected chi connectivity index (χ4v) is 13.5. The second-order valence-electron chi connectivity index (χ2n) is 16.3. The number of hydrogen-bond acceptors (Lipinski definition) is 4. The Morgan fingerprint density at radius 1 is 0.660 bits per heavy atom. The minimum absolute atomic E-state index is 0.286. The van der Waals surface area contributed by atoms with E-state index in [-0.39, 0.29) is 5.41 Å². The quantitative estimate of drug-likeness (QED) is 0.0922. The Balaban J connectivity index is 1.44. The molecule has 3 aromatic heterocycles. The molecule has 5 aromatic rings. The van der Waals surface area contributed by atoms with Crippen LogP contribution in [0.2, 0.25) is 0 Å². The normalized spacial score (nSPS) is 16.7. The molecule has 1 aliphatic rings. The lowest BCUT2D eigenvalue weighted by atomic mass is 9.86. The number of hydrogen-bond donors (Lipinski definition) is 0. The molecule has 47 heavy (non-hydrogen) atoms. The fourth-order valence-electron chi connectivity index (χ4n) is 8.00. The smallest absolute Gasteiger partial charge is 0.0491 e. The van der Waals surface area contributed by atoms with Crippen LogP contribution in [0.5, 0.6) is 0 Å². The van der Waals surface area contributed by atoms with Crippen LogP contribution in [0.4, 0.5) is 0 Å². The molecule has 3 atom stereocenters. The summed E-state index contributed by atoms with van der Waals surface area (Å²) in [5.41, 5.74) is 1.95. The van der Waals surface area contributed by atoms with Crippen LogP contribution in [0, 0.1) is 24.2 Å². The van der Waals surface area contributed by atoms with E-state index in [1.54, 1.807) is 55.9 Å². The molecule has 2 aromatic carbocycles. The molecule has 0 amide bonds. The first-order valence-corrected chi connectivity index (χ1v) is 22.4. The van der Waals surface area contributed by atoms with Gasteiger partial charge >= 0.3 is 0 Å². The highest BCUT2D eigenvalue weighted by Gasteiger charge is 2.36. The van der Waals surface area contributed by atoms with Gasteiger partial charge < -0.3 is 0 Å². The highest BCUT2D eigenvalue weighted by atomic mass is 32.2. The molecule has 0 saturated heterocycles. The topological polar surface area (TPSA) is 0 Å². The zero-order valence-electron chi connectivity index (χ0n) is 30.7. The molecule has 0 spiro atoms. The highest BCUT2D eigenvalue weighted by Crippen LogP contribution is 2.56. The Morgan fingerprint density at radius 2 is 1.19 bits per heavy atom. The maximum atomic E-state index is 2.64. The van der Waals surface area contributed by atoms with E-state index in [2.05, 4.69) is 108 Å². The molecule has 1 aliphatic heterocycles. The number of benzene rings is 2. The van der Waals surface area contributed by atoms with E-state index in [1.165, 1.54) is 107 Å². The molecule has 6 rings (SSSR count). The van der Waals surface area contributed by atoms with E-state index in [1.807, 2.05) is 11.3 Å². The molecule has 0 N–H and O–H groups in total. The molecular formula is C43H60S4. The average molecular weight is 705 g/mol. The summed E-state index contributed by atoms with van der Waals surface area (Å²) in [7, 11) is 0. The molecule has 4 heterocycles. The van der Waals surface area contributed by atoms with Gasteiger partial charge in [0.05, 0.1) is 0 Å². The van der Waals surface area contributed by atoms with E-state index >= 15 is 0 Å². The minimum Gasteiger partial charge on any atom is -0.140 e. The van der Waals surface area contributed by atoms with Crippen molar-refractivity contribution in [3.05, 3.63) is 38.4 Å². The zero-order chi connectivity index (χ0) is 33.3. The zero-order valence-corrected chi connectivity index (χ0v) is 34.0. The van der Waals surface area contributed by atoms with Gasteiger partial charge in [0.2, 0.25) is 0 Å². The van der Waals surface area contributed by atoms with Crippen molar-refractivity contribution >= 4 is 86.8 Å². The summed E-state index contributed by atoms with van der Waals surface area (Å²) in [5, 5.41) is 8.45. The van der Waals surface area contributed by atoms with E-state index < -0.39 is 0 Å². The van der Waals surface area contributed by atoms with Gasteiger partial charge in [0.25, 0.3) is 0 Å². The summed E-state index contributed by atoms with van der Waals surface area (Å²) in [6.45, 7) is 19.3. The maximum absolute atomic E-state index is 2.64. The summed E-state index contributed by atoms with van der Waals surface area (Å²) < 4.78 is 4.72. The van der Waals surface area contributed by atoms with Gasteiger partial charge in [-0.1, -0.05) is 126 Å². The van der Waals surface area contributed by atoms with Gasteiger partial charge in [-0.2, -0.15) is 0 Å². The monoisotopic (exact) mass is 704 g/mol. The number of unbranched alkanes of at least 4 members (excludes halogenated alkanes) is 8. The maximum Gasteiger partial charge on any atom is 0.0491 e. The lowest BCUT2D eigenvalue weighted by Gasteiger charge is -2.25. The van der Waals surface area contributed by atoms with Crippen molar-refractivity contribution in [3.8, 4) is 0 Å². The summed E-state index contributed by atoms with van der Waals surface area (Å²) in [6.07, 6.45) is 20.2. The van der Waals surface area contributed by atoms with Crippen LogP contribution in [0.25, 0.3) is 41.0 Å². The second kappa shape index (κ2) is 15.4. The summed E-state index contributed by atoms with van der Waals surface area (Å²) in [5.74, 6) is 1.50. The first-order chi connectivity index (χ1) is 22.6. The fraction of sp³-hybridized carbons (Fsp3) is 0.628. The number of aryl methyl sites for hydroxylation is 1. The van der Waals surface area contributed by atoms with Gasteiger partial charge in [0, 0.05) is 65.8 Å². The Hall–Kier alpha value is -1.07. The summed E-state index contributed by atoms with van der Waals surface area (Å²) in [4.78, 5) is 6.27. The average Bonchev–Trinajstić information content (AvgIpc) is 3.80. The highest BCUT2D eigenvalue weighted by molar-refractivity contribution is 8.00. The number of thiophene rings is 3. The van der Waals surface area contributed by atoms with Crippen molar-refractivity contribution in [2.45, 2.75) is 162 Å². The molecule has 0 saturated carbocycles. The van der Waals surface area contributed by atoms with Crippen LogP contribution in [0.1, 0.15) is 146 Å². The first kappa shape index (κ1) is 35.7. The van der Waals surface area contributed by atoms with Crippen LogP contribution in [-0.4, -0.2) is 5.25 Å². The van der Waals surface area contributed by atoms with Crippen LogP contribution >= 0.6 is 45.8 Å². The van der Waals surface area contributed by atoms with Crippen molar-refractivity contribution in [2.75, 3.05) is 0 Å². The van der Waals surface area contributed by atoms with Gasteiger partial charge in [0.1, 0.15) is 0 Å². The molecule has 3 unspecified atom stereocenters. The van der Waals surface area contributed by atoms with Crippen molar-refractivity contribution in [2.24, 2.45) is 17.3 Å². The predicted molar refractivity (Wildman–Crippen MR) is 220 cm³/mol. The Morgan fingerprint density at radius 3 is 1.77 bits per heavy atom. The van der Waals surface area contributed by atoms with Gasteiger partial charge in [-0.25, -0.2) is 0 Å². The number of thioether (sulfide) groups is 1. The van der Waals surface area contributed by atoms with Crippen molar-refractivity contribution in [1.29, 1.82) is 0 Å². The summed E-state index contributed by atoms with van der Waals surface area (Å²) in [6, 6.07) is 7.81. The molecule has 4 heteroatoms. The Labute approximate surface area is 302 Å². The van der Waals surface area contributed by atoms with Crippen LogP contribution < -0.4 is 0 Å². The lowest BCUT2D eigenvalue weighted by molar-refractivity contribution is 0.396. The molecular weight excluding hydrogens is 645 g/mol.